The van der Waals surface area contributed by atoms with E-state index in [0.29, 0.717) is 50.6 Å². The number of aromatic nitrogens is 2. The number of hydrogen-bond donors (Lipinski definition) is 0. The highest BCUT2D eigenvalue weighted by Gasteiger charge is 2.44. The van der Waals surface area contributed by atoms with Crippen LogP contribution in [0.15, 0.2) is 18.6 Å². The Balaban J connectivity index is 1.67. The zero-order valence-electron chi connectivity index (χ0n) is 15.4. The number of carbonyl (C=O) groups is 1. The van der Waals surface area contributed by atoms with Gasteiger partial charge in [0, 0.05) is 31.5 Å². The van der Waals surface area contributed by atoms with E-state index in [1.54, 1.807) is 17.3 Å². The van der Waals surface area contributed by atoms with Crippen LogP contribution in [0.4, 0.5) is 0 Å². The number of carbonyl (C=O) groups excluding carboxylic acids is 1. The van der Waals surface area contributed by atoms with Crippen molar-refractivity contribution in [1.29, 1.82) is 0 Å². The molecule has 1 aromatic rings. The number of nitrogens with zero attached hydrogens (tertiary/aromatic N) is 4. The molecule has 0 N–H and O–H groups in total. The molecule has 1 aromatic heterocycles. The van der Waals surface area contributed by atoms with E-state index in [0.717, 1.165) is 13.0 Å². The third kappa shape index (κ3) is 4.34. The molecule has 0 unspecified atom stereocenters. The van der Waals surface area contributed by atoms with Gasteiger partial charge in [0.2, 0.25) is 0 Å². The molecule has 0 aromatic carbocycles. The van der Waals surface area contributed by atoms with E-state index < -0.39 is 5.60 Å². The zero-order chi connectivity index (χ0) is 17.9. The first-order valence-corrected chi connectivity index (χ1v) is 8.96. The first kappa shape index (κ1) is 18.2. The first-order valence-electron chi connectivity index (χ1n) is 8.96. The average molecular weight is 348 g/mol. The molecule has 2 atom stereocenters. The number of hydrogen-bond acceptors (Lipinski definition) is 6. The highest BCUT2D eigenvalue weighted by molar-refractivity contribution is 5.92. The minimum absolute atomic E-state index is 0.107. The smallest absolute Gasteiger partial charge is 0.274 e. The summed E-state index contributed by atoms with van der Waals surface area (Å²) in [6.07, 6.45) is 5.53. The largest absolute Gasteiger partial charge is 0.377 e. The molecule has 3 heterocycles. The van der Waals surface area contributed by atoms with Crippen LogP contribution in [0, 0.1) is 5.92 Å². The molecular weight excluding hydrogens is 320 g/mol. The Morgan fingerprint density at radius 1 is 1.48 bits per heavy atom. The summed E-state index contributed by atoms with van der Waals surface area (Å²) < 4.78 is 12.0. The maximum absolute atomic E-state index is 12.7. The Labute approximate surface area is 149 Å². The normalized spacial score (nSPS) is 27.2. The second-order valence-corrected chi connectivity index (χ2v) is 7.47. The molecule has 1 amide bonds. The molecular formula is C18H28N4O3. The summed E-state index contributed by atoms with van der Waals surface area (Å²) in [5.41, 5.74) is -0.0368. The van der Waals surface area contributed by atoms with Crippen molar-refractivity contribution in [3.8, 4) is 0 Å². The van der Waals surface area contributed by atoms with Crippen LogP contribution < -0.4 is 0 Å². The summed E-state index contributed by atoms with van der Waals surface area (Å²) in [6.45, 7) is 8.27. The van der Waals surface area contributed by atoms with Crippen LogP contribution in [0.5, 0.6) is 0 Å². The topological polar surface area (TPSA) is 67.8 Å². The molecule has 2 aliphatic rings. The van der Waals surface area contributed by atoms with Crippen LogP contribution in [0.25, 0.3) is 0 Å². The molecule has 1 spiro atoms. The third-order valence-electron chi connectivity index (χ3n) is 5.13. The monoisotopic (exact) mass is 348 g/mol. The van der Waals surface area contributed by atoms with Crippen molar-refractivity contribution in [1.82, 2.24) is 19.8 Å². The SMILES string of the molecule is CC(C)N(C)C[C@H]1CO[C@@]2(COCCN(C(=O)c3cnccn3)C2)C1. The Bertz CT molecular complexity index is 583. The summed E-state index contributed by atoms with van der Waals surface area (Å²) in [5.74, 6) is 0.354. The lowest BCUT2D eigenvalue weighted by atomic mass is 9.93. The minimum Gasteiger partial charge on any atom is -0.377 e. The van der Waals surface area contributed by atoms with Crippen LogP contribution in [0.2, 0.25) is 0 Å². The molecule has 3 rings (SSSR count). The van der Waals surface area contributed by atoms with E-state index >= 15 is 0 Å². The molecule has 0 saturated carbocycles. The number of rotatable bonds is 4. The van der Waals surface area contributed by atoms with Gasteiger partial charge >= 0.3 is 0 Å². The van der Waals surface area contributed by atoms with Gasteiger partial charge in [-0.3, -0.25) is 9.78 Å². The highest BCUT2D eigenvalue weighted by atomic mass is 16.5. The molecule has 2 aliphatic heterocycles. The molecule has 0 radical (unpaired) electrons. The standard InChI is InChI=1S/C18H28N4O3/c1-14(2)21(3)10-15-8-18(25-11-15)12-22(6-7-24-13-18)17(23)16-9-19-4-5-20-16/h4-5,9,14-15H,6-8,10-13H2,1-3H3/t15-,18-/m0/s1. The predicted molar refractivity (Wildman–Crippen MR) is 93.3 cm³/mol. The van der Waals surface area contributed by atoms with Gasteiger partial charge in [0.1, 0.15) is 11.3 Å². The summed E-state index contributed by atoms with van der Waals surface area (Å²) in [5, 5.41) is 0. The van der Waals surface area contributed by atoms with Crippen molar-refractivity contribution < 1.29 is 14.3 Å². The van der Waals surface area contributed by atoms with E-state index in [-0.39, 0.29) is 5.91 Å². The lowest BCUT2D eigenvalue weighted by Gasteiger charge is -2.31. The lowest BCUT2D eigenvalue weighted by Crippen LogP contribution is -2.46. The van der Waals surface area contributed by atoms with Gasteiger partial charge in [0.15, 0.2) is 0 Å². The van der Waals surface area contributed by atoms with Gasteiger partial charge in [-0.1, -0.05) is 0 Å². The molecule has 138 valence electrons. The zero-order valence-corrected chi connectivity index (χ0v) is 15.4. The van der Waals surface area contributed by atoms with E-state index in [2.05, 4.69) is 35.8 Å². The highest BCUT2D eigenvalue weighted by Crippen LogP contribution is 2.33. The van der Waals surface area contributed by atoms with Gasteiger partial charge in [0.05, 0.1) is 32.6 Å². The van der Waals surface area contributed by atoms with E-state index in [9.17, 15) is 4.79 Å². The molecule has 7 nitrogen and oxygen atoms in total. The van der Waals surface area contributed by atoms with Crippen molar-refractivity contribution in [3.63, 3.8) is 0 Å². The van der Waals surface area contributed by atoms with Crippen LogP contribution in [0.3, 0.4) is 0 Å². The van der Waals surface area contributed by atoms with Gasteiger partial charge in [-0.25, -0.2) is 4.98 Å². The number of ether oxygens (including phenoxy) is 2. The summed E-state index contributed by atoms with van der Waals surface area (Å²) in [6, 6.07) is 0.511. The van der Waals surface area contributed by atoms with Crippen molar-refractivity contribution in [2.75, 3.05) is 46.5 Å². The van der Waals surface area contributed by atoms with Crippen LogP contribution in [-0.4, -0.2) is 83.8 Å². The van der Waals surface area contributed by atoms with E-state index in [1.165, 1.54) is 6.20 Å². The fourth-order valence-corrected chi connectivity index (χ4v) is 3.54. The van der Waals surface area contributed by atoms with Gasteiger partial charge in [-0.05, 0) is 33.2 Å². The second kappa shape index (κ2) is 7.76. The Morgan fingerprint density at radius 3 is 3.04 bits per heavy atom. The second-order valence-electron chi connectivity index (χ2n) is 7.47. The predicted octanol–water partition coefficient (Wildman–Crippen LogP) is 1.06. The van der Waals surface area contributed by atoms with Crippen molar-refractivity contribution in [3.05, 3.63) is 24.3 Å². The third-order valence-corrected chi connectivity index (χ3v) is 5.13. The van der Waals surface area contributed by atoms with Crippen molar-refractivity contribution >= 4 is 5.91 Å². The quantitative estimate of drug-likeness (QED) is 0.811. The van der Waals surface area contributed by atoms with Crippen molar-refractivity contribution in [2.24, 2.45) is 5.92 Å². The summed E-state index contributed by atoms with van der Waals surface area (Å²) in [7, 11) is 2.14. The van der Waals surface area contributed by atoms with Crippen molar-refractivity contribution in [2.45, 2.75) is 31.9 Å². The molecule has 25 heavy (non-hydrogen) atoms. The van der Waals surface area contributed by atoms with E-state index in [4.69, 9.17) is 9.47 Å². The first-order chi connectivity index (χ1) is 12.0. The fraction of sp³-hybridized carbons (Fsp3) is 0.722. The molecule has 2 saturated heterocycles. The summed E-state index contributed by atoms with van der Waals surface area (Å²) in [4.78, 5) is 25.0. The molecule has 0 aliphatic carbocycles. The maximum Gasteiger partial charge on any atom is 0.274 e. The number of amides is 1. The molecule has 0 bridgehead atoms. The van der Waals surface area contributed by atoms with Gasteiger partial charge in [0.25, 0.3) is 5.91 Å². The Morgan fingerprint density at radius 2 is 2.32 bits per heavy atom. The van der Waals surface area contributed by atoms with Gasteiger partial charge in [-0.15, -0.1) is 0 Å². The lowest BCUT2D eigenvalue weighted by molar-refractivity contribution is -0.0539. The van der Waals surface area contributed by atoms with Crippen LogP contribution >= 0.6 is 0 Å². The average Bonchev–Trinajstić information content (AvgIpc) is 2.87. The molecule has 7 heteroatoms. The van der Waals surface area contributed by atoms with Crippen LogP contribution in [-0.2, 0) is 9.47 Å². The summed E-state index contributed by atoms with van der Waals surface area (Å²) >= 11 is 0. The maximum atomic E-state index is 12.7. The Hall–Kier alpha value is -1.57. The Kier molecular flexibility index (Phi) is 5.66. The molecule has 2 fully saturated rings. The van der Waals surface area contributed by atoms with E-state index in [1.807, 2.05) is 0 Å². The minimum atomic E-state index is -0.406. The van der Waals surface area contributed by atoms with Gasteiger partial charge in [-0.2, -0.15) is 0 Å². The van der Waals surface area contributed by atoms with Gasteiger partial charge < -0.3 is 19.3 Å². The van der Waals surface area contributed by atoms with Crippen LogP contribution in [0.1, 0.15) is 30.8 Å². The fourth-order valence-electron chi connectivity index (χ4n) is 3.54.